The van der Waals surface area contributed by atoms with E-state index in [1.165, 1.54) is 11.8 Å². The first kappa shape index (κ1) is 21.1. The minimum atomic E-state index is -0.346. The van der Waals surface area contributed by atoms with Gasteiger partial charge in [-0.25, -0.2) is 5.43 Å². The van der Waals surface area contributed by atoms with Crippen molar-refractivity contribution in [2.45, 2.75) is 26.2 Å². The van der Waals surface area contributed by atoms with Gasteiger partial charge in [0.25, 0.3) is 5.69 Å². The summed E-state index contributed by atoms with van der Waals surface area (Å²) in [6, 6.07) is 5.21. The number of hydrogen-bond donors (Lipinski definition) is 2. The van der Waals surface area contributed by atoms with E-state index in [1.807, 2.05) is 19.2 Å². The highest BCUT2D eigenvalue weighted by atomic mass is 32.2. The number of carbonyl (C=O) groups excluding carboxylic acids is 1. The number of piperidine rings is 1. The zero-order valence-electron chi connectivity index (χ0n) is 16.6. The summed E-state index contributed by atoms with van der Waals surface area (Å²) >= 11 is 1.44. The van der Waals surface area contributed by atoms with E-state index in [9.17, 15) is 14.9 Å². The summed E-state index contributed by atoms with van der Waals surface area (Å²) in [6.45, 7) is 4.08. The minimum absolute atomic E-state index is 0.0670. The molecule has 2 aliphatic rings. The molecule has 156 valence electrons. The summed E-state index contributed by atoms with van der Waals surface area (Å²) in [7, 11) is 0. The zero-order valence-corrected chi connectivity index (χ0v) is 17.4. The summed E-state index contributed by atoms with van der Waals surface area (Å²) < 4.78 is 0. The van der Waals surface area contributed by atoms with Gasteiger partial charge >= 0.3 is 0 Å². The number of carbonyl (C=O) groups is 1. The molecule has 29 heavy (non-hydrogen) atoms. The highest BCUT2D eigenvalue weighted by Crippen LogP contribution is 2.33. The fourth-order valence-corrected chi connectivity index (χ4v) is 3.94. The smallest absolute Gasteiger partial charge is 0.293 e. The molecule has 1 fully saturated rings. The molecule has 1 aromatic carbocycles. The van der Waals surface area contributed by atoms with Crippen molar-refractivity contribution in [2.75, 3.05) is 30.8 Å². The predicted octanol–water partition coefficient (Wildman–Crippen LogP) is 2.35. The van der Waals surface area contributed by atoms with Crippen molar-refractivity contribution in [3.63, 3.8) is 0 Å². The Hall–Kier alpha value is -2.62. The van der Waals surface area contributed by atoms with Gasteiger partial charge in [-0.3, -0.25) is 19.9 Å². The van der Waals surface area contributed by atoms with E-state index in [1.54, 1.807) is 12.1 Å². The summed E-state index contributed by atoms with van der Waals surface area (Å²) in [4.78, 5) is 29.3. The van der Waals surface area contributed by atoms with Gasteiger partial charge < -0.3 is 10.6 Å². The Morgan fingerprint density at radius 3 is 2.79 bits per heavy atom. The molecule has 1 amide bonds. The number of nitrogens with two attached hydrogens (primary N) is 1. The molecule has 1 aromatic rings. The van der Waals surface area contributed by atoms with Crippen LogP contribution in [0.4, 0.5) is 11.4 Å². The third-order valence-electron chi connectivity index (χ3n) is 5.40. The Morgan fingerprint density at radius 2 is 2.17 bits per heavy atom. The van der Waals surface area contributed by atoms with Gasteiger partial charge in [-0.05, 0) is 31.1 Å². The summed E-state index contributed by atoms with van der Waals surface area (Å²) in [5.74, 6) is 0.217. The molecule has 0 spiro atoms. The molecule has 0 radical (unpaired) electrons. The molecule has 0 saturated carbocycles. The normalized spacial score (nSPS) is 21.0. The highest BCUT2D eigenvalue weighted by molar-refractivity contribution is 8.13. The van der Waals surface area contributed by atoms with Crippen LogP contribution in [-0.4, -0.2) is 47.6 Å². The van der Waals surface area contributed by atoms with Gasteiger partial charge in [0.2, 0.25) is 5.91 Å². The van der Waals surface area contributed by atoms with E-state index in [4.69, 9.17) is 5.73 Å². The number of nitrogens with one attached hydrogen (secondary N) is 1. The van der Waals surface area contributed by atoms with Crippen LogP contribution in [0.3, 0.4) is 0 Å². The lowest BCUT2D eigenvalue weighted by Crippen LogP contribution is -2.35. The Labute approximate surface area is 174 Å². The molecule has 3 rings (SSSR count). The van der Waals surface area contributed by atoms with Crippen LogP contribution in [-0.2, 0) is 4.79 Å². The van der Waals surface area contributed by atoms with Gasteiger partial charge in [-0.15, -0.1) is 0 Å². The van der Waals surface area contributed by atoms with Crippen LogP contribution < -0.4 is 16.1 Å². The molecular formula is C19H26N6O3S. The van der Waals surface area contributed by atoms with E-state index in [-0.39, 0.29) is 22.4 Å². The molecule has 0 aliphatic carbocycles. The van der Waals surface area contributed by atoms with Crippen LogP contribution in [0.5, 0.6) is 0 Å². The number of amidine groups is 1. The average molecular weight is 419 g/mol. The number of nitrogens with zero attached hydrogens (tertiary/aromatic N) is 4. The monoisotopic (exact) mass is 418 g/mol. The molecular weight excluding hydrogens is 392 g/mol. The van der Waals surface area contributed by atoms with Gasteiger partial charge in [0.05, 0.1) is 10.6 Å². The van der Waals surface area contributed by atoms with Crippen molar-refractivity contribution >= 4 is 39.9 Å². The van der Waals surface area contributed by atoms with E-state index in [0.717, 1.165) is 25.9 Å². The van der Waals surface area contributed by atoms with Crippen molar-refractivity contribution in [3.8, 4) is 0 Å². The average Bonchev–Trinajstić information content (AvgIpc) is 2.72. The summed E-state index contributed by atoms with van der Waals surface area (Å²) in [5.41, 5.74) is 10.2. The molecule has 9 nitrogen and oxygen atoms in total. The fraction of sp³-hybridized carbons (Fsp3) is 0.526. The van der Waals surface area contributed by atoms with Crippen molar-refractivity contribution in [2.24, 2.45) is 27.7 Å². The van der Waals surface area contributed by atoms with Crippen molar-refractivity contribution in [1.29, 1.82) is 0 Å². The first-order valence-electron chi connectivity index (χ1n) is 9.63. The van der Waals surface area contributed by atoms with Gasteiger partial charge in [0.15, 0.2) is 5.17 Å². The van der Waals surface area contributed by atoms with E-state index in [0.29, 0.717) is 41.0 Å². The highest BCUT2D eigenvalue weighted by Gasteiger charge is 2.28. The maximum Gasteiger partial charge on any atom is 0.293 e. The van der Waals surface area contributed by atoms with Crippen LogP contribution in [0.1, 0.15) is 31.7 Å². The third-order valence-corrected chi connectivity index (χ3v) is 5.94. The van der Waals surface area contributed by atoms with Crippen LogP contribution in [0, 0.1) is 22.0 Å². The summed E-state index contributed by atoms with van der Waals surface area (Å²) in [6.07, 6.45) is 4.06. The largest absolute Gasteiger partial charge is 0.379 e. The number of nitro groups is 1. The SMILES string of the molecule is CSC(N)=NCC1CCN(c2ccc(C3=NNC(=O)CC3C)cc2[N+](=O)[O-])CC1. The number of hydrogen-bond acceptors (Lipinski definition) is 7. The topological polar surface area (TPSA) is 126 Å². The molecule has 3 N–H and O–H groups in total. The molecule has 10 heteroatoms. The number of aliphatic imine (C=N–C) groups is 1. The van der Waals surface area contributed by atoms with Crippen LogP contribution in [0.25, 0.3) is 0 Å². The van der Waals surface area contributed by atoms with E-state index >= 15 is 0 Å². The number of anilines is 1. The van der Waals surface area contributed by atoms with Crippen molar-refractivity contribution < 1.29 is 9.72 Å². The standard InChI is InChI=1S/C19H26N6O3S/c1-12-9-17(26)22-23-18(12)14-3-4-15(16(10-14)25(27)28)24-7-5-13(6-8-24)11-21-19(20)29-2/h3-4,10,12-13H,5-9,11H2,1-2H3,(H2,20,21)(H,22,26). The molecule has 0 aromatic heterocycles. The van der Waals surface area contributed by atoms with E-state index in [2.05, 4.69) is 20.4 Å². The minimum Gasteiger partial charge on any atom is -0.379 e. The summed E-state index contributed by atoms with van der Waals surface area (Å²) in [5, 5.41) is 16.4. The number of hydrazone groups is 1. The zero-order chi connectivity index (χ0) is 21.0. The second-order valence-corrected chi connectivity index (χ2v) is 8.24. The Kier molecular flexibility index (Phi) is 6.73. The molecule has 0 bridgehead atoms. The lowest BCUT2D eigenvalue weighted by molar-refractivity contribution is -0.384. The Balaban J connectivity index is 1.75. The maximum absolute atomic E-state index is 11.7. The van der Waals surface area contributed by atoms with Crippen LogP contribution in [0.15, 0.2) is 28.3 Å². The number of nitro benzene ring substituents is 1. The third kappa shape index (κ3) is 5.06. The number of benzene rings is 1. The van der Waals surface area contributed by atoms with Crippen LogP contribution in [0.2, 0.25) is 0 Å². The second kappa shape index (κ2) is 9.25. The van der Waals surface area contributed by atoms with Gasteiger partial charge in [-0.1, -0.05) is 24.8 Å². The number of rotatable bonds is 5. The molecule has 2 aliphatic heterocycles. The first-order chi connectivity index (χ1) is 13.9. The molecule has 1 saturated heterocycles. The molecule has 1 unspecified atom stereocenters. The molecule has 1 atom stereocenters. The van der Waals surface area contributed by atoms with Gasteiger partial charge in [0, 0.05) is 43.6 Å². The number of thioether (sulfide) groups is 1. The van der Waals surface area contributed by atoms with Crippen LogP contribution >= 0.6 is 11.8 Å². The predicted molar refractivity (Wildman–Crippen MR) is 116 cm³/mol. The van der Waals surface area contributed by atoms with Gasteiger partial charge in [-0.2, -0.15) is 5.10 Å². The Bertz CT molecular complexity index is 848. The van der Waals surface area contributed by atoms with Gasteiger partial charge in [0.1, 0.15) is 5.69 Å². The van der Waals surface area contributed by atoms with Crippen molar-refractivity contribution in [1.82, 2.24) is 5.43 Å². The van der Waals surface area contributed by atoms with E-state index < -0.39 is 0 Å². The lowest BCUT2D eigenvalue weighted by atomic mass is 9.93. The second-order valence-electron chi connectivity index (χ2n) is 7.41. The number of amides is 1. The lowest BCUT2D eigenvalue weighted by Gasteiger charge is -2.33. The van der Waals surface area contributed by atoms with Crippen molar-refractivity contribution in [3.05, 3.63) is 33.9 Å². The first-order valence-corrected chi connectivity index (χ1v) is 10.9. The maximum atomic E-state index is 11.7. The Morgan fingerprint density at radius 1 is 1.45 bits per heavy atom. The fourth-order valence-electron chi connectivity index (χ4n) is 3.74. The quantitative estimate of drug-likeness (QED) is 0.327. The molecule has 2 heterocycles.